The minimum atomic E-state index is 0.569. The van der Waals surface area contributed by atoms with E-state index in [4.69, 9.17) is 0 Å². The van der Waals surface area contributed by atoms with Crippen molar-refractivity contribution in [2.75, 3.05) is 6.54 Å². The van der Waals surface area contributed by atoms with E-state index in [2.05, 4.69) is 36.3 Å². The van der Waals surface area contributed by atoms with Gasteiger partial charge in [-0.05, 0) is 30.9 Å². The molecule has 1 unspecified atom stereocenters. The SMILES string of the molecule is CC(C)NCC1CCCc2cccnc21. The lowest BCUT2D eigenvalue weighted by Gasteiger charge is -2.25. The van der Waals surface area contributed by atoms with Gasteiger partial charge in [-0.1, -0.05) is 19.9 Å². The van der Waals surface area contributed by atoms with E-state index in [0.717, 1.165) is 6.54 Å². The van der Waals surface area contributed by atoms with Gasteiger partial charge in [-0.15, -0.1) is 0 Å². The smallest absolute Gasteiger partial charge is 0.0479 e. The Balaban J connectivity index is 2.08. The zero-order valence-electron chi connectivity index (χ0n) is 9.66. The molecule has 1 aromatic rings. The van der Waals surface area contributed by atoms with E-state index in [1.165, 1.54) is 30.5 Å². The predicted molar refractivity (Wildman–Crippen MR) is 63.1 cm³/mol. The number of hydrogen-bond acceptors (Lipinski definition) is 2. The topological polar surface area (TPSA) is 24.9 Å². The molecule has 1 aliphatic rings. The van der Waals surface area contributed by atoms with Crippen molar-refractivity contribution < 1.29 is 0 Å². The molecule has 1 atom stereocenters. The van der Waals surface area contributed by atoms with Crippen LogP contribution in [-0.4, -0.2) is 17.6 Å². The molecule has 82 valence electrons. The molecular weight excluding hydrogens is 184 g/mol. The van der Waals surface area contributed by atoms with Gasteiger partial charge in [0.15, 0.2) is 0 Å². The number of aryl methyl sites for hydroxylation is 1. The summed E-state index contributed by atoms with van der Waals surface area (Å²) in [5.74, 6) is 0.623. The summed E-state index contributed by atoms with van der Waals surface area (Å²) in [6, 6.07) is 4.85. The van der Waals surface area contributed by atoms with Crippen LogP contribution in [0.4, 0.5) is 0 Å². The molecule has 1 heterocycles. The fourth-order valence-electron chi connectivity index (χ4n) is 2.28. The molecule has 2 nitrogen and oxygen atoms in total. The number of fused-ring (bicyclic) bond motifs is 1. The van der Waals surface area contributed by atoms with Crippen LogP contribution in [0.2, 0.25) is 0 Å². The molecule has 1 N–H and O–H groups in total. The van der Waals surface area contributed by atoms with Crippen LogP contribution in [0.5, 0.6) is 0 Å². The van der Waals surface area contributed by atoms with Crippen LogP contribution in [0.3, 0.4) is 0 Å². The van der Waals surface area contributed by atoms with Crippen LogP contribution in [0.1, 0.15) is 43.9 Å². The molecular formula is C13H20N2. The molecule has 0 radical (unpaired) electrons. The third-order valence-electron chi connectivity index (χ3n) is 3.08. The normalized spacial score (nSPS) is 20.3. The quantitative estimate of drug-likeness (QED) is 0.818. The van der Waals surface area contributed by atoms with Crippen molar-refractivity contribution in [3.8, 4) is 0 Å². The number of pyridine rings is 1. The second kappa shape index (κ2) is 4.75. The molecule has 2 rings (SSSR count). The van der Waals surface area contributed by atoms with Gasteiger partial charge in [0.2, 0.25) is 0 Å². The second-order valence-corrected chi connectivity index (χ2v) is 4.70. The molecule has 0 saturated heterocycles. The molecule has 0 aliphatic heterocycles. The van der Waals surface area contributed by atoms with E-state index >= 15 is 0 Å². The van der Waals surface area contributed by atoms with Crippen LogP contribution >= 0.6 is 0 Å². The first-order valence-corrected chi connectivity index (χ1v) is 5.94. The van der Waals surface area contributed by atoms with Gasteiger partial charge in [0, 0.05) is 30.4 Å². The second-order valence-electron chi connectivity index (χ2n) is 4.70. The Hall–Kier alpha value is -0.890. The predicted octanol–water partition coefficient (Wildman–Crippen LogP) is 2.50. The maximum Gasteiger partial charge on any atom is 0.0479 e. The van der Waals surface area contributed by atoms with Gasteiger partial charge in [0.25, 0.3) is 0 Å². The van der Waals surface area contributed by atoms with E-state index < -0.39 is 0 Å². The van der Waals surface area contributed by atoms with Crippen molar-refractivity contribution in [2.45, 2.75) is 45.1 Å². The molecule has 0 fully saturated rings. The maximum absolute atomic E-state index is 4.54. The Kier molecular flexibility index (Phi) is 3.37. The minimum absolute atomic E-state index is 0.569. The summed E-state index contributed by atoms with van der Waals surface area (Å²) in [4.78, 5) is 4.54. The maximum atomic E-state index is 4.54. The molecule has 0 amide bonds. The summed E-state index contributed by atoms with van der Waals surface area (Å²) in [5, 5.41) is 3.52. The van der Waals surface area contributed by atoms with Gasteiger partial charge >= 0.3 is 0 Å². The highest BCUT2D eigenvalue weighted by Gasteiger charge is 2.20. The first-order chi connectivity index (χ1) is 7.27. The summed E-state index contributed by atoms with van der Waals surface area (Å²) in [6.07, 6.45) is 5.72. The summed E-state index contributed by atoms with van der Waals surface area (Å²) >= 11 is 0. The first kappa shape index (κ1) is 10.6. The average Bonchev–Trinajstić information content (AvgIpc) is 2.26. The molecule has 1 aromatic heterocycles. The summed E-state index contributed by atoms with van der Waals surface area (Å²) in [5.41, 5.74) is 2.79. The number of aromatic nitrogens is 1. The van der Waals surface area contributed by atoms with Crippen LogP contribution in [-0.2, 0) is 6.42 Å². The van der Waals surface area contributed by atoms with E-state index in [1.54, 1.807) is 0 Å². The average molecular weight is 204 g/mol. The molecule has 0 spiro atoms. The van der Waals surface area contributed by atoms with Crippen LogP contribution in [0.25, 0.3) is 0 Å². The van der Waals surface area contributed by atoms with Gasteiger partial charge in [-0.2, -0.15) is 0 Å². The van der Waals surface area contributed by atoms with E-state index in [-0.39, 0.29) is 0 Å². The minimum Gasteiger partial charge on any atom is -0.314 e. The third-order valence-corrected chi connectivity index (χ3v) is 3.08. The largest absolute Gasteiger partial charge is 0.314 e. The molecule has 1 aliphatic carbocycles. The monoisotopic (exact) mass is 204 g/mol. The lowest BCUT2D eigenvalue weighted by Crippen LogP contribution is -2.30. The molecule has 0 aromatic carbocycles. The number of nitrogens with one attached hydrogen (secondary N) is 1. The van der Waals surface area contributed by atoms with Crippen molar-refractivity contribution in [1.29, 1.82) is 0 Å². The zero-order chi connectivity index (χ0) is 10.7. The third kappa shape index (κ3) is 2.57. The van der Waals surface area contributed by atoms with Gasteiger partial charge in [-0.3, -0.25) is 4.98 Å². The van der Waals surface area contributed by atoms with Gasteiger partial charge in [0.1, 0.15) is 0 Å². The Morgan fingerprint density at radius 2 is 2.40 bits per heavy atom. The first-order valence-electron chi connectivity index (χ1n) is 5.94. The van der Waals surface area contributed by atoms with Crippen molar-refractivity contribution in [3.05, 3.63) is 29.6 Å². The lowest BCUT2D eigenvalue weighted by atomic mass is 9.86. The van der Waals surface area contributed by atoms with Crippen molar-refractivity contribution >= 4 is 0 Å². The molecule has 0 saturated carbocycles. The standard InChI is InChI=1S/C13H20N2/c1-10(2)15-9-12-6-3-5-11-7-4-8-14-13(11)12/h4,7-8,10,12,15H,3,5-6,9H2,1-2H3. The highest BCUT2D eigenvalue weighted by atomic mass is 14.9. The van der Waals surface area contributed by atoms with Crippen LogP contribution in [0.15, 0.2) is 18.3 Å². The lowest BCUT2D eigenvalue weighted by molar-refractivity contribution is 0.470. The summed E-state index contributed by atoms with van der Waals surface area (Å²) < 4.78 is 0. The fourth-order valence-corrected chi connectivity index (χ4v) is 2.28. The van der Waals surface area contributed by atoms with Gasteiger partial charge < -0.3 is 5.32 Å². The van der Waals surface area contributed by atoms with Crippen LogP contribution < -0.4 is 5.32 Å². The Labute approximate surface area is 92.1 Å². The Morgan fingerprint density at radius 3 is 3.20 bits per heavy atom. The zero-order valence-corrected chi connectivity index (χ0v) is 9.66. The van der Waals surface area contributed by atoms with E-state index in [0.29, 0.717) is 12.0 Å². The van der Waals surface area contributed by atoms with Gasteiger partial charge in [-0.25, -0.2) is 0 Å². The summed E-state index contributed by atoms with van der Waals surface area (Å²) in [7, 11) is 0. The Morgan fingerprint density at radius 1 is 1.53 bits per heavy atom. The van der Waals surface area contributed by atoms with Crippen molar-refractivity contribution in [2.24, 2.45) is 0 Å². The molecule has 15 heavy (non-hydrogen) atoms. The molecule has 0 bridgehead atoms. The number of hydrogen-bond donors (Lipinski definition) is 1. The summed E-state index contributed by atoms with van der Waals surface area (Å²) in [6.45, 7) is 5.46. The highest BCUT2D eigenvalue weighted by Crippen LogP contribution is 2.28. The number of rotatable bonds is 3. The van der Waals surface area contributed by atoms with Crippen molar-refractivity contribution in [3.63, 3.8) is 0 Å². The van der Waals surface area contributed by atoms with Crippen molar-refractivity contribution in [1.82, 2.24) is 10.3 Å². The highest BCUT2D eigenvalue weighted by molar-refractivity contribution is 5.26. The number of nitrogens with zero attached hydrogens (tertiary/aromatic N) is 1. The fraction of sp³-hybridized carbons (Fsp3) is 0.615. The van der Waals surface area contributed by atoms with Gasteiger partial charge in [0.05, 0.1) is 0 Å². The molecule has 2 heteroatoms. The Bertz CT molecular complexity index is 320. The van der Waals surface area contributed by atoms with E-state index in [9.17, 15) is 0 Å². The van der Waals surface area contributed by atoms with Crippen LogP contribution in [0, 0.1) is 0 Å². The van der Waals surface area contributed by atoms with E-state index in [1.807, 2.05) is 6.20 Å².